The van der Waals surface area contributed by atoms with E-state index in [1.807, 2.05) is 30.3 Å². The van der Waals surface area contributed by atoms with E-state index >= 15 is 0 Å². The number of nitrogens with one attached hydrogen (secondary N) is 1. The largest absolute Gasteiger partial charge is 0.443 e. The predicted octanol–water partition coefficient (Wildman–Crippen LogP) is 4.80. The molecule has 25 heavy (non-hydrogen) atoms. The number of fused-ring (bicyclic) bond motifs is 1. The van der Waals surface area contributed by atoms with E-state index in [4.69, 9.17) is 16.0 Å². The molecule has 1 N–H and O–H groups in total. The van der Waals surface area contributed by atoms with Gasteiger partial charge in [-0.15, -0.1) is 0 Å². The molecule has 1 amide bonds. The monoisotopic (exact) mass is 349 g/mol. The number of carbonyl (C=O) groups is 1. The van der Waals surface area contributed by atoms with E-state index in [2.05, 4.69) is 15.3 Å². The molecular formula is C19H12ClN3O2. The highest BCUT2D eigenvalue weighted by Gasteiger charge is 2.19. The number of aromatic nitrogens is 2. The van der Waals surface area contributed by atoms with Crippen LogP contribution in [0.1, 0.15) is 10.5 Å². The highest BCUT2D eigenvalue weighted by atomic mass is 35.5. The lowest BCUT2D eigenvalue weighted by molar-refractivity contribution is 0.102. The van der Waals surface area contributed by atoms with E-state index in [1.165, 1.54) is 6.39 Å². The number of halogens is 1. The molecule has 2 heterocycles. The molecule has 5 nitrogen and oxygen atoms in total. The van der Waals surface area contributed by atoms with Crippen molar-refractivity contribution in [2.24, 2.45) is 0 Å². The van der Waals surface area contributed by atoms with Crippen LogP contribution in [-0.4, -0.2) is 15.9 Å². The van der Waals surface area contributed by atoms with Gasteiger partial charge in [0.25, 0.3) is 5.91 Å². The minimum Gasteiger partial charge on any atom is -0.443 e. The van der Waals surface area contributed by atoms with Crippen LogP contribution in [0.25, 0.3) is 22.2 Å². The quantitative estimate of drug-likeness (QED) is 0.577. The Hall–Kier alpha value is -3.18. The summed E-state index contributed by atoms with van der Waals surface area (Å²) in [5, 5.41) is 4.30. The topological polar surface area (TPSA) is 68.0 Å². The maximum absolute atomic E-state index is 12.6. The van der Waals surface area contributed by atoms with Crippen molar-refractivity contribution in [2.45, 2.75) is 0 Å². The van der Waals surface area contributed by atoms with Gasteiger partial charge in [-0.2, -0.15) is 0 Å². The molecule has 0 bridgehead atoms. The Morgan fingerprint density at radius 2 is 1.92 bits per heavy atom. The Balaban J connectivity index is 1.64. The summed E-state index contributed by atoms with van der Waals surface area (Å²) in [4.78, 5) is 21.0. The van der Waals surface area contributed by atoms with E-state index < -0.39 is 0 Å². The molecule has 4 aromatic rings. The first-order valence-corrected chi connectivity index (χ1v) is 7.94. The SMILES string of the molecule is O=C(Nc1cnc2ccccc2c1)c1ncoc1-c1cccc(Cl)c1. The van der Waals surface area contributed by atoms with Crippen molar-refractivity contribution in [3.8, 4) is 11.3 Å². The Bertz CT molecular complexity index is 1070. The number of rotatable bonds is 3. The first-order chi connectivity index (χ1) is 12.2. The van der Waals surface area contributed by atoms with E-state index in [0.717, 1.165) is 10.9 Å². The number of nitrogens with zero attached hydrogens (tertiary/aromatic N) is 2. The summed E-state index contributed by atoms with van der Waals surface area (Å²) in [6.07, 6.45) is 2.85. The van der Waals surface area contributed by atoms with Gasteiger partial charge in [0.1, 0.15) is 0 Å². The summed E-state index contributed by atoms with van der Waals surface area (Å²) in [5.74, 6) is -0.00504. The van der Waals surface area contributed by atoms with Crippen molar-refractivity contribution in [1.82, 2.24) is 9.97 Å². The fourth-order valence-electron chi connectivity index (χ4n) is 2.57. The van der Waals surface area contributed by atoms with Gasteiger partial charge in [0.2, 0.25) is 0 Å². The summed E-state index contributed by atoms with van der Waals surface area (Å²) in [6, 6.07) is 16.6. The number of oxazole rings is 1. The Morgan fingerprint density at radius 1 is 1.04 bits per heavy atom. The standard InChI is InChI=1S/C19H12ClN3O2/c20-14-6-3-5-13(8-14)18-17(22-11-25-18)19(24)23-15-9-12-4-1-2-7-16(12)21-10-15/h1-11H,(H,23,24). The van der Waals surface area contributed by atoms with E-state index in [0.29, 0.717) is 22.0 Å². The normalized spacial score (nSPS) is 10.8. The number of para-hydroxylation sites is 1. The average Bonchev–Trinajstić information content (AvgIpc) is 3.11. The number of amides is 1. The number of hydrogen-bond acceptors (Lipinski definition) is 4. The van der Waals surface area contributed by atoms with Crippen LogP contribution in [0.3, 0.4) is 0 Å². The van der Waals surface area contributed by atoms with Crippen molar-refractivity contribution in [1.29, 1.82) is 0 Å². The summed E-state index contributed by atoms with van der Waals surface area (Å²) >= 11 is 6.01. The maximum atomic E-state index is 12.6. The van der Waals surface area contributed by atoms with Gasteiger partial charge in [-0.3, -0.25) is 9.78 Å². The summed E-state index contributed by atoms with van der Waals surface area (Å²) in [6.45, 7) is 0. The van der Waals surface area contributed by atoms with Crippen molar-refractivity contribution in [3.63, 3.8) is 0 Å². The van der Waals surface area contributed by atoms with Gasteiger partial charge >= 0.3 is 0 Å². The first kappa shape index (κ1) is 15.4. The van der Waals surface area contributed by atoms with Crippen LogP contribution in [0.15, 0.2) is 71.6 Å². The van der Waals surface area contributed by atoms with Crippen molar-refractivity contribution in [3.05, 3.63) is 77.9 Å². The molecule has 0 unspecified atom stereocenters. The molecular weight excluding hydrogens is 338 g/mol. The second-order valence-electron chi connectivity index (χ2n) is 5.41. The van der Waals surface area contributed by atoms with Gasteiger partial charge in [0.15, 0.2) is 17.8 Å². The second kappa shape index (κ2) is 6.37. The van der Waals surface area contributed by atoms with Crippen LogP contribution in [0.5, 0.6) is 0 Å². The van der Waals surface area contributed by atoms with Gasteiger partial charge in [-0.05, 0) is 24.3 Å². The predicted molar refractivity (Wildman–Crippen MR) is 96.6 cm³/mol. The highest BCUT2D eigenvalue weighted by Crippen LogP contribution is 2.26. The molecule has 0 aliphatic carbocycles. The highest BCUT2D eigenvalue weighted by molar-refractivity contribution is 6.30. The van der Waals surface area contributed by atoms with Crippen molar-refractivity contribution >= 4 is 34.1 Å². The minimum atomic E-state index is -0.374. The Labute approximate surface area is 148 Å². The van der Waals surface area contributed by atoms with Crippen molar-refractivity contribution in [2.75, 3.05) is 5.32 Å². The molecule has 0 spiro atoms. The van der Waals surface area contributed by atoms with Gasteiger partial charge < -0.3 is 9.73 Å². The van der Waals surface area contributed by atoms with E-state index in [9.17, 15) is 4.79 Å². The maximum Gasteiger partial charge on any atom is 0.278 e. The summed E-state index contributed by atoms with van der Waals surface area (Å²) in [7, 11) is 0. The fraction of sp³-hybridized carbons (Fsp3) is 0. The smallest absolute Gasteiger partial charge is 0.278 e. The van der Waals surface area contributed by atoms with E-state index in [1.54, 1.807) is 30.5 Å². The molecule has 2 aromatic heterocycles. The van der Waals surface area contributed by atoms with Crippen LogP contribution in [0.2, 0.25) is 5.02 Å². The molecule has 0 radical (unpaired) electrons. The van der Waals surface area contributed by atoms with Gasteiger partial charge in [-0.25, -0.2) is 4.98 Å². The van der Waals surface area contributed by atoms with Gasteiger partial charge in [-0.1, -0.05) is 41.9 Å². The number of anilines is 1. The lowest BCUT2D eigenvalue weighted by Crippen LogP contribution is -2.13. The number of benzene rings is 2. The molecule has 122 valence electrons. The third-order valence-corrected chi connectivity index (χ3v) is 3.95. The lowest BCUT2D eigenvalue weighted by atomic mass is 10.1. The molecule has 2 aromatic carbocycles. The summed E-state index contributed by atoms with van der Waals surface area (Å²) < 4.78 is 5.39. The zero-order valence-electron chi connectivity index (χ0n) is 12.9. The second-order valence-corrected chi connectivity index (χ2v) is 5.85. The van der Waals surface area contributed by atoms with Gasteiger partial charge in [0.05, 0.1) is 17.4 Å². The molecule has 0 fully saturated rings. The molecule has 0 saturated heterocycles. The van der Waals surface area contributed by atoms with Crippen LogP contribution < -0.4 is 5.32 Å². The third-order valence-electron chi connectivity index (χ3n) is 3.72. The Kier molecular flexibility index (Phi) is 3.91. The summed E-state index contributed by atoms with van der Waals surface area (Å²) in [5.41, 5.74) is 2.33. The number of hydrogen-bond donors (Lipinski definition) is 1. The van der Waals surface area contributed by atoms with Crippen LogP contribution >= 0.6 is 11.6 Å². The fourth-order valence-corrected chi connectivity index (χ4v) is 2.76. The zero-order chi connectivity index (χ0) is 17.2. The first-order valence-electron chi connectivity index (χ1n) is 7.56. The zero-order valence-corrected chi connectivity index (χ0v) is 13.7. The molecule has 6 heteroatoms. The van der Waals surface area contributed by atoms with Crippen LogP contribution in [0.4, 0.5) is 5.69 Å². The molecule has 0 aliphatic heterocycles. The van der Waals surface area contributed by atoms with Crippen molar-refractivity contribution < 1.29 is 9.21 Å². The van der Waals surface area contributed by atoms with E-state index in [-0.39, 0.29) is 11.6 Å². The average molecular weight is 350 g/mol. The molecule has 0 aliphatic rings. The minimum absolute atomic E-state index is 0.190. The van der Waals surface area contributed by atoms with Crippen LogP contribution in [-0.2, 0) is 0 Å². The number of carbonyl (C=O) groups excluding carboxylic acids is 1. The van der Waals surface area contributed by atoms with Gasteiger partial charge in [0, 0.05) is 16.0 Å². The Morgan fingerprint density at radius 3 is 2.80 bits per heavy atom. The molecule has 4 rings (SSSR count). The third kappa shape index (κ3) is 3.09. The van der Waals surface area contributed by atoms with Crippen LogP contribution in [0, 0.1) is 0 Å². The number of pyridine rings is 1. The molecule has 0 saturated carbocycles. The lowest BCUT2D eigenvalue weighted by Gasteiger charge is -2.06. The molecule has 0 atom stereocenters.